The number of carboxylic acids is 1. The molecule has 2 aromatic rings. The van der Waals surface area contributed by atoms with E-state index in [1.807, 2.05) is 29.6 Å². The predicted octanol–water partition coefficient (Wildman–Crippen LogP) is 3.06. The second-order valence-electron chi connectivity index (χ2n) is 3.43. The lowest BCUT2D eigenvalue weighted by Crippen LogP contribution is -2.02. The van der Waals surface area contributed by atoms with E-state index in [-0.39, 0.29) is 6.42 Å². The van der Waals surface area contributed by atoms with E-state index in [1.165, 1.54) is 0 Å². The van der Waals surface area contributed by atoms with Gasteiger partial charge in [0.15, 0.2) is 0 Å². The highest BCUT2D eigenvalue weighted by atomic mass is 32.2. The normalized spacial score (nSPS) is 10.4. The third-order valence-electron chi connectivity index (χ3n) is 2.22. The van der Waals surface area contributed by atoms with Gasteiger partial charge in [-0.15, -0.1) is 11.3 Å². The van der Waals surface area contributed by atoms with Gasteiger partial charge in [-0.05, 0) is 11.1 Å². The summed E-state index contributed by atoms with van der Waals surface area (Å²) in [5.74, 6) is -0.0338. The molecule has 0 unspecified atom stereocenters. The Kier molecular flexibility index (Phi) is 4.17. The topological polar surface area (TPSA) is 50.2 Å². The number of thiazole rings is 1. The summed E-state index contributed by atoms with van der Waals surface area (Å²) in [6.07, 6.45) is 1.85. The lowest BCUT2D eigenvalue weighted by atomic mass is 10.1. The molecule has 1 aromatic carbocycles. The van der Waals surface area contributed by atoms with Crippen LogP contribution in [0.15, 0.2) is 40.2 Å². The van der Waals surface area contributed by atoms with E-state index in [0.29, 0.717) is 0 Å². The standard InChI is InChI=1S/C12H11NO2S2/c14-11(15)7-9-3-1-2-4-10(9)8-17-12-13-5-6-16-12/h1-6H,7-8H2,(H,14,15). The summed E-state index contributed by atoms with van der Waals surface area (Å²) < 4.78 is 1.01. The molecular formula is C12H11NO2S2. The van der Waals surface area contributed by atoms with Crippen molar-refractivity contribution in [3.63, 3.8) is 0 Å². The van der Waals surface area contributed by atoms with Gasteiger partial charge in [-0.2, -0.15) is 0 Å². The quantitative estimate of drug-likeness (QED) is 0.844. The van der Waals surface area contributed by atoms with Crippen LogP contribution in [0.3, 0.4) is 0 Å². The summed E-state index contributed by atoms with van der Waals surface area (Å²) in [5, 5.41) is 10.8. The van der Waals surface area contributed by atoms with E-state index in [4.69, 9.17) is 5.11 Å². The first-order valence-corrected chi connectivity index (χ1v) is 6.93. The minimum atomic E-state index is -0.795. The van der Waals surface area contributed by atoms with Gasteiger partial charge in [-0.25, -0.2) is 4.98 Å². The third kappa shape index (κ3) is 3.57. The van der Waals surface area contributed by atoms with Crippen LogP contribution in [0.25, 0.3) is 0 Å². The van der Waals surface area contributed by atoms with Crippen LogP contribution in [0.5, 0.6) is 0 Å². The number of carbonyl (C=O) groups is 1. The van der Waals surface area contributed by atoms with Gasteiger partial charge >= 0.3 is 5.97 Å². The predicted molar refractivity (Wildman–Crippen MR) is 69.5 cm³/mol. The van der Waals surface area contributed by atoms with Crippen molar-refractivity contribution >= 4 is 29.1 Å². The smallest absolute Gasteiger partial charge is 0.307 e. The number of hydrogen-bond acceptors (Lipinski definition) is 4. The third-order valence-corrected chi connectivity index (χ3v) is 4.24. The number of nitrogens with zero attached hydrogens (tertiary/aromatic N) is 1. The number of hydrogen-bond donors (Lipinski definition) is 1. The summed E-state index contributed by atoms with van der Waals surface area (Å²) in [6, 6.07) is 7.64. The van der Waals surface area contributed by atoms with Gasteiger partial charge in [0.05, 0.1) is 6.42 Å². The molecule has 1 N–H and O–H groups in total. The number of aliphatic carboxylic acids is 1. The molecule has 0 radical (unpaired) electrons. The molecule has 3 nitrogen and oxygen atoms in total. The number of benzene rings is 1. The number of thioether (sulfide) groups is 1. The Bertz CT molecular complexity index is 497. The number of aromatic nitrogens is 1. The molecule has 0 spiro atoms. The van der Waals surface area contributed by atoms with Crippen LogP contribution < -0.4 is 0 Å². The molecule has 0 fully saturated rings. The first-order chi connectivity index (χ1) is 8.25. The van der Waals surface area contributed by atoms with Crippen LogP contribution in [0.4, 0.5) is 0 Å². The Morgan fingerprint density at radius 1 is 1.35 bits per heavy atom. The zero-order valence-corrected chi connectivity index (χ0v) is 10.6. The number of rotatable bonds is 5. The molecule has 0 aliphatic rings. The maximum absolute atomic E-state index is 10.7. The highest BCUT2D eigenvalue weighted by Crippen LogP contribution is 2.26. The molecule has 17 heavy (non-hydrogen) atoms. The summed E-state index contributed by atoms with van der Waals surface area (Å²) in [6.45, 7) is 0. The van der Waals surface area contributed by atoms with Gasteiger partial charge in [-0.3, -0.25) is 4.79 Å². The second kappa shape index (κ2) is 5.84. The van der Waals surface area contributed by atoms with Gasteiger partial charge in [0.25, 0.3) is 0 Å². The highest BCUT2D eigenvalue weighted by molar-refractivity contribution is 8.00. The largest absolute Gasteiger partial charge is 0.481 e. The minimum Gasteiger partial charge on any atom is -0.481 e. The Labute approximate surface area is 108 Å². The van der Waals surface area contributed by atoms with E-state index in [1.54, 1.807) is 29.3 Å². The number of carboxylic acid groups (broad SMARTS) is 1. The van der Waals surface area contributed by atoms with Crippen molar-refractivity contribution in [1.29, 1.82) is 0 Å². The van der Waals surface area contributed by atoms with Gasteiger partial charge in [0.1, 0.15) is 4.34 Å². The van der Waals surface area contributed by atoms with Crippen molar-refractivity contribution < 1.29 is 9.90 Å². The van der Waals surface area contributed by atoms with Crippen molar-refractivity contribution in [1.82, 2.24) is 4.98 Å². The van der Waals surface area contributed by atoms with Crippen molar-refractivity contribution in [2.45, 2.75) is 16.5 Å². The van der Waals surface area contributed by atoms with E-state index < -0.39 is 5.97 Å². The zero-order chi connectivity index (χ0) is 12.1. The van der Waals surface area contributed by atoms with Crippen LogP contribution in [0.1, 0.15) is 11.1 Å². The summed E-state index contributed by atoms with van der Waals surface area (Å²) in [7, 11) is 0. The molecule has 0 amide bonds. The molecule has 1 heterocycles. The lowest BCUT2D eigenvalue weighted by molar-refractivity contribution is -0.136. The molecule has 1 aromatic heterocycles. The lowest BCUT2D eigenvalue weighted by Gasteiger charge is -2.05. The molecule has 0 aliphatic carbocycles. The SMILES string of the molecule is O=C(O)Cc1ccccc1CSc1nccs1. The van der Waals surface area contributed by atoms with Crippen LogP contribution in [-0.2, 0) is 17.0 Å². The fourth-order valence-electron chi connectivity index (χ4n) is 1.45. The van der Waals surface area contributed by atoms with Crippen molar-refractivity contribution in [3.05, 3.63) is 47.0 Å². The highest BCUT2D eigenvalue weighted by Gasteiger charge is 2.07. The monoisotopic (exact) mass is 265 g/mol. The first-order valence-electron chi connectivity index (χ1n) is 5.06. The van der Waals surface area contributed by atoms with Crippen LogP contribution >= 0.6 is 23.1 Å². The fourth-order valence-corrected chi connectivity index (χ4v) is 3.13. The van der Waals surface area contributed by atoms with Gasteiger partial charge < -0.3 is 5.11 Å². The molecule has 2 rings (SSSR count). The molecule has 0 bridgehead atoms. The molecule has 0 atom stereocenters. The molecule has 0 saturated carbocycles. The maximum Gasteiger partial charge on any atom is 0.307 e. The van der Waals surface area contributed by atoms with Crippen molar-refractivity contribution in [2.24, 2.45) is 0 Å². The second-order valence-corrected chi connectivity index (χ2v) is 5.54. The van der Waals surface area contributed by atoms with E-state index in [2.05, 4.69) is 4.98 Å². The summed E-state index contributed by atoms with van der Waals surface area (Å²) in [5.41, 5.74) is 1.94. The molecular weight excluding hydrogens is 254 g/mol. The maximum atomic E-state index is 10.7. The Morgan fingerprint density at radius 2 is 2.12 bits per heavy atom. The van der Waals surface area contributed by atoms with Gasteiger partial charge in [0.2, 0.25) is 0 Å². The van der Waals surface area contributed by atoms with E-state index in [0.717, 1.165) is 21.2 Å². The van der Waals surface area contributed by atoms with Crippen molar-refractivity contribution in [3.8, 4) is 0 Å². The Balaban J connectivity index is 2.06. The molecule has 0 aliphatic heterocycles. The van der Waals surface area contributed by atoms with Crippen LogP contribution in [0.2, 0.25) is 0 Å². The molecule has 88 valence electrons. The van der Waals surface area contributed by atoms with Crippen LogP contribution in [0, 0.1) is 0 Å². The molecule has 5 heteroatoms. The van der Waals surface area contributed by atoms with E-state index >= 15 is 0 Å². The van der Waals surface area contributed by atoms with E-state index in [9.17, 15) is 4.79 Å². The van der Waals surface area contributed by atoms with Gasteiger partial charge in [0, 0.05) is 17.3 Å². The summed E-state index contributed by atoms with van der Waals surface area (Å²) >= 11 is 3.23. The van der Waals surface area contributed by atoms with Crippen molar-refractivity contribution in [2.75, 3.05) is 0 Å². The Morgan fingerprint density at radius 3 is 2.76 bits per heavy atom. The Hall–Kier alpha value is -1.33. The average Bonchev–Trinajstić information content (AvgIpc) is 2.80. The minimum absolute atomic E-state index is 0.0780. The first kappa shape index (κ1) is 12.1. The average molecular weight is 265 g/mol. The van der Waals surface area contributed by atoms with Crippen LogP contribution in [-0.4, -0.2) is 16.1 Å². The van der Waals surface area contributed by atoms with Gasteiger partial charge in [-0.1, -0.05) is 36.0 Å². The fraction of sp³-hybridized carbons (Fsp3) is 0.167. The summed E-state index contributed by atoms with van der Waals surface area (Å²) in [4.78, 5) is 14.9. The zero-order valence-electron chi connectivity index (χ0n) is 9.00. The molecule has 0 saturated heterocycles.